The third kappa shape index (κ3) is 39.0. The van der Waals surface area contributed by atoms with Gasteiger partial charge in [0, 0.05) is 11.5 Å². The summed E-state index contributed by atoms with van der Waals surface area (Å²) in [5.74, 6) is 1.40. The van der Waals surface area contributed by atoms with Crippen LogP contribution in [-0.4, -0.2) is 38.9 Å². The quantitative estimate of drug-likeness (QED) is 0.325. The van der Waals surface area contributed by atoms with E-state index in [1.54, 1.807) is 0 Å². The molecule has 0 bridgehead atoms. The van der Waals surface area contributed by atoms with Crippen molar-refractivity contribution in [2.75, 3.05) is 38.9 Å². The van der Waals surface area contributed by atoms with Crippen molar-refractivity contribution in [1.29, 1.82) is 0 Å². The van der Waals surface area contributed by atoms with Gasteiger partial charge in [0.2, 0.25) is 0 Å². The lowest BCUT2D eigenvalue weighted by molar-refractivity contribution is -0.267. The van der Waals surface area contributed by atoms with Gasteiger partial charge in [0.25, 0.3) is 0 Å². The Hall–Kier alpha value is 0.540. The molecule has 0 amide bonds. The molecule has 0 unspecified atom stereocenters. The molecule has 6 heteroatoms. The van der Waals surface area contributed by atoms with Crippen molar-refractivity contribution >= 4 is 25.3 Å². The van der Waals surface area contributed by atoms with E-state index in [-0.39, 0.29) is 0 Å². The van der Waals surface area contributed by atoms with Gasteiger partial charge in [0.05, 0.1) is 27.4 Å². The van der Waals surface area contributed by atoms with Gasteiger partial charge in [-0.05, 0) is 0 Å². The maximum atomic E-state index is 4.41. The third-order valence-corrected chi connectivity index (χ3v) is 0.950. The molecular weight excluding hydrogens is 224 g/mol. The Bertz CT molecular complexity index is 51.3. The molecule has 0 aliphatic heterocycles. The monoisotopic (exact) mass is 246 g/mol. The predicted octanol–water partition coefficient (Wildman–Crippen LogP) is 2.01. The highest BCUT2D eigenvalue weighted by Crippen LogP contribution is 1.75. The van der Waals surface area contributed by atoms with E-state index in [1.165, 1.54) is 14.2 Å². The Morgan fingerprint density at radius 2 is 1.07 bits per heavy atom. The number of thiol groups is 2. The molecule has 0 aromatic carbocycles. The van der Waals surface area contributed by atoms with Crippen molar-refractivity contribution in [3.63, 3.8) is 0 Å². The van der Waals surface area contributed by atoms with Crippen LogP contribution < -0.4 is 0 Å². The van der Waals surface area contributed by atoms with Crippen molar-refractivity contribution in [3.8, 4) is 0 Å². The zero-order chi connectivity index (χ0) is 11.7. The van der Waals surface area contributed by atoms with Gasteiger partial charge in [-0.1, -0.05) is 13.8 Å². The summed E-state index contributed by atoms with van der Waals surface area (Å²) in [5, 5.41) is 0. The minimum absolute atomic E-state index is 0.555. The van der Waals surface area contributed by atoms with Crippen LogP contribution in [0, 0.1) is 0 Å². The van der Waals surface area contributed by atoms with Gasteiger partial charge in [-0.2, -0.15) is 25.3 Å². The predicted molar refractivity (Wildman–Crippen MR) is 65.0 cm³/mol. The Morgan fingerprint density at radius 1 is 0.786 bits per heavy atom. The molecule has 0 heterocycles. The SMILES string of the molecule is CC.COOCCS.COOCCS. The van der Waals surface area contributed by atoms with Crippen LogP contribution in [0.25, 0.3) is 0 Å². The Labute approximate surface area is 97.9 Å². The molecule has 4 nitrogen and oxygen atoms in total. The molecule has 0 fully saturated rings. The minimum atomic E-state index is 0.555. The first-order valence-electron chi connectivity index (χ1n) is 4.36. The maximum Gasteiger partial charge on any atom is 0.0910 e. The van der Waals surface area contributed by atoms with Gasteiger partial charge in [-0.25, -0.2) is 19.6 Å². The van der Waals surface area contributed by atoms with Crippen molar-refractivity contribution in [2.24, 2.45) is 0 Å². The van der Waals surface area contributed by atoms with Crippen LogP contribution in [0.2, 0.25) is 0 Å². The molecule has 0 atom stereocenters. The molecule has 0 aromatic rings. The van der Waals surface area contributed by atoms with Crippen LogP contribution >= 0.6 is 25.3 Å². The first-order chi connectivity index (χ1) is 6.83. The topological polar surface area (TPSA) is 36.9 Å². The van der Waals surface area contributed by atoms with Crippen LogP contribution in [0.5, 0.6) is 0 Å². The second kappa shape index (κ2) is 29.2. The Balaban J connectivity index is -0.000000147. The van der Waals surface area contributed by atoms with Crippen LogP contribution in [0.3, 0.4) is 0 Å². The Morgan fingerprint density at radius 3 is 1.14 bits per heavy atom. The van der Waals surface area contributed by atoms with Gasteiger partial charge in [-0.3, -0.25) is 0 Å². The minimum Gasteiger partial charge on any atom is -0.240 e. The highest BCUT2D eigenvalue weighted by Gasteiger charge is 1.74. The summed E-state index contributed by atoms with van der Waals surface area (Å²) < 4.78 is 0. The zero-order valence-electron chi connectivity index (χ0n) is 9.36. The van der Waals surface area contributed by atoms with E-state index in [2.05, 4.69) is 44.8 Å². The van der Waals surface area contributed by atoms with E-state index in [4.69, 9.17) is 0 Å². The molecule has 0 N–H and O–H groups in total. The fourth-order valence-corrected chi connectivity index (χ4v) is 0.390. The average Bonchev–Trinajstić information content (AvgIpc) is 2.27. The lowest BCUT2D eigenvalue weighted by atomic mass is 10.9. The van der Waals surface area contributed by atoms with E-state index < -0.39 is 0 Å². The van der Waals surface area contributed by atoms with Gasteiger partial charge >= 0.3 is 0 Å². The smallest absolute Gasteiger partial charge is 0.0910 e. The molecule has 0 saturated carbocycles. The molecule has 0 radical (unpaired) electrons. The Kier molecular flexibility index (Phi) is 41.7. The van der Waals surface area contributed by atoms with Crippen LogP contribution in [0.1, 0.15) is 13.8 Å². The molecule has 0 rings (SSSR count). The molecule has 0 saturated heterocycles. The summed E-state index contributed by atoms with van der Waals surface area (Å²) in [6.45, 7) is 5.11. The van der Waals surface area contributed by atoms with Gasteiger partial charge < -0.3 is 0 Å². The van der Waals surface area contributed by atoms with Crippen LogP contribution in [-0.2, 0) is 19.6 Å². The van der Waals surface area contributed by atoms with E-state index in [1.807, 2.05) is 13.8 Å². The largest absolute Gasteiger partial charge is 0.240 e. The standard InChI is InChI=1S/2C3H8O2S.C2H6/c2*1-4-5-2-3-6;1-2/h2*6H,2-3H2,1H3;1-2H3. The lowest BCUT2D eigenvalue weighted by Gasteiger charge is -1.90. The highest BCUT2D eigenvalue weighted by atomic mass is 32.1. The summed E-state index contributed by atoms with van der Waals surface area (Å²) in [5.41, 5.74) is 0. The molecule has 0 aliphatic rings. The van der Waals surface area contributed by atoms with Crippen LogP contribution in [0.4, 0.5) is 0 Å². The normalized spacial score (nSPS) is 8.14. The zero-order valence-corrected chi connectivity index (χ0v) is 11.1. The van der Waals surface area contributed by atoms with Crippen molar-refractivity contribution in [3.05, 3.63) is 0 Å². The summed E-state index contributed by atoms with van der Waals surface area (Å²) in [6, 6.07) is 0. The van der Waals surface area contributed by atoms with Crippen molar-refractivity contribution < 1.29 is 19.6 Å². The average molecular weight is 246 g/mol. The van der Waals surface area contributed by atoms with Gasteiger partial charge in [0.1, 0.15) is 0 Å². The number of rotatable bonds is 6. The van der Waals surface area contributed by atoms with Gasteiger partial charge in [-0.15, -0.1) is 0 Å². The summed E-state index contributed by atoms with van der Waals surface area (Å²) in [6.07, 6.45) is 0. The molecule has 14 heavy (non-hydrogen) atoms. The number of hydrogen-bond acceptors (Lipinski definition) is 6. The van der Waals surface area contributed by atoms with Crippen LogP contribution in [0.15, 0.2) is 0 Å². The maximum absolute atomic E-state index is 4.41. The highest BCUT2D eigenvalue weighted by molar-refractivity contribution is 7.80. The molecule has 0 spiro atoms. The first kappa shape index (κ1) is 20.0. The summed E-state index contributed by atoms with van der Waals surface area (Å²) in [4.78, 5) is 17.3. The van der Waals surface area contributed by atoms with Crippen molar-refractivity contribution in [1.82, 2.24) is 0 Å². The second-order valence-corrected chi connectivity index (χ2v) is 2.32. The number of hydrogen-bond donors (Lipinski definition) is 2. The molecule has 0 aliphatic carbocycles. The fraction of sp³-hybridized carbons (Fsp3) is 1.00. The van der Waals surface area contributed by atoms with E-state index in [0.29, 0.717) is 24.7 Å². The molecule has 90 valence electrons. The van der Waals surface area contributed by atoms with E-state index in [9.17, 15) is 0 Å². The fourth-order valence-electron chi connectivity index (χ4n) is 0.241. The summed E-state index contributed by atoms with van der Waals surface area (Å²) in [7, 11) is 2.95. The summed E-state index contributed by atoms with van der Waals surface area (Å²) >= 11 is 7.70. The van der Waals surface area contributed by atoms with E-state index in [0.717, 1.165) is 0 Å². The second-order valence-electron chi connectivity index (χ2n) is 1.42. The van der Waals surface area contributed by atoms with E-state index >= 15 is 0 Å². The third-order valence-electron chi connectivity index (χ3n) is 0.585. The molecular formula is C8H22O4S2. The lowest BCUT2D eigenvalue weighted by Crippen LogP contribution is -1.91. The first-order valence-corrected chi connectivity index (χ1v) is 5.62. The molecule has 0 aromatic heterocycles. The van der Waals surface area contributed by atoms with Crippen molar-refractivity contribution in [2.45, 2.75) is 13.8 Å². The van der Waals surface area contributed by atoms with Gasteiger partial charge in [0.15, 0.2) is 0 Å².